The molecular formula is C43H39Cl6. The predicted molar refractivity (Wildman–Crippen MR) is 214 cm³/mol. The van der Waals surface area contributed by atoms with Crippen LogP contribution in [0, 0.1) is 24.3 Å². The highest BCUT2D eigenvalue weighted by molar-refractivity contribution is 6.67. The summed E-state index contributed by atoms with van der Waals surface area (Å²) in [6.45, 7) is 18.1. The summed E-state index contributed by atoms with van der Waals surface area (Å²) in [5, 5.41) is 4.50. The molecule has 1 radical (unpaired) electrons. The van der Waals surface area contributed by atoms with Gasteiger partial charge in [0.05, 0.1) is 0 Å². The fourth-order valence-corrected chi connectivity index (χ4v) is 8.31. The van der Waals surface area contributed by atoms with Gasteiger partial charge in [-0.3, -0.25) is 0 Å². The Hall–Kier alpha value is -2.16. The molecule has 4 aromatic carbocycles. The molecule has 0 saturated carbocycles. The number of aryl methyl sites for hydroxylation is 1. The van der Waals surface area contributed by atoms with Gasteiger partial charge in [0.2, 0.25) is 7.59 Å². The van der Waals surface area contributed by atoms with Crippen LogP contribution in [0.5, 0.6) is 0 Å². The lowest BCUT2D eigenvalue weighted by Gasteiger charge is -2.28. The number of hydrogen-bond acceptors (Lipinski definition) is 0. The van der Waals surface area contributed by atoms with Gasteiger partial charge < -0.3 is 0 Å². The zero-order valence-electron chi connectivity index (χ0n) is 29.0. The maximum absolute atomic E-state index is 6.52. The third-order valence-electron chi connectivity index (χ3n) is 9.50. The van der Waals surface area contributed by atoms with Gasteiger partial charge in [-0.1, -0.05) is 172 Å². The second-order valence-corrected chi connectivity index (χ2v) is 19.8. The molecule has 0 aliphatic heterocycles. The summed E-state index contributed by atoms with van der Waals surface area (Å²) in [4.78, 5) is 0. The Bertz CT molecular complexity index is 2240. The van der Waals surface area contributed by atoms with E-state index in [2.05, 4.69) is 104 Å². The number of halogens is 6. The van der Waals surface area contributed by atoms with Crippen LogP contribution in [0.15, 0.2) is 78.9 Å². The molecule has 2 aliphatic carbocycles. The number of alkyl halides is 6. The van der Waals surface area contributed by atoms with E-state index in [4.69, 9.17) is 69.6 Å². The van der Waals surface area contributed by atoms with Crippen LogP contribution in [-0.4, -0.2) is 0 Å². The van der Waals surface area contributed by atoms with E-state index in [9.17, 15) is 0 Å². The number of benzene rings is 4. The van der Waals surface area contributed by atoms with Gasteiger partial charge in [-0.2, -0.15) is 0 Å². The summed E-state index contributed by atoms with van der Waals surface area (Å²) in [7, 11) is 0. The van der Waals surface area contributed by atoms with Crippen molar-refractivity contribution in [1.82, 2.24) is 0 Å². The van der Waals surface area contributed by atoms with E-state index < -0.39 is 7.59 Å². The summed E-state index contributed by atoms with van der Waals surface area (Å²) in [6, 6.07) is 20.3. The number of rotatable bonds is 3. The molecule has 0 bridgehead atoms. The minimum Gasteiger partial charge on any atom is -0.0801 e. The standard InChI is InChI=1S/C43H39Cl6/c1-24-19-29-22-33-35(26-13-9-10-14-26)25(2)39(41(6,7)8)38(37(33)32(29)23-34(24)40(3,4)5)36(27-15-11-17-30(20-27)42(44,45)46)28-16-12-18-31(21-28)43(47,48)49/h9-13,15-21,23H,14H2,1-8H3. The molecule has 4 aromatic rings. The first kappa shape index (κ1) is 36.6. The van der Waals surface area contributed by atoms with Crippen molar-refractivity contribution in [2.75, 3.05) is 0 Å². The zero-order chi connectivity index (χ0) is 35.8. The summed E-state index contributed by atoms with van der Waals surface area (Å²) in [5.74, 6) is 0. The molecule has 0 amide bonds. The van der Waals surface area contributed by atoms with E-state index in [1.807, 2.05) is 36.4 Å². The summed E-state index contributed by atoms with van der Waals surface area (Å²) in [5.41, 5.74) is 12.2. The Morgan fingerprint density at radius 3 is 1.76 bits per heavy atom. The molecule has 0 atom stereocenters. The summed E-state index contributed by atoms with van der Waals surface area (Å²) in [6.07, 6.45) is 11.4. The van der Waals surface area contributed by atoms with Gasteiger partial charge in [0.15, 0.2) is 0 Å². The minimum absolute atomic E-state index is 0.0652. The quantitative estimate of drug-likeness (QED) is 0.160. The van der Waals surface area contributed by atoms with Crippen LogP contribution in [-0.2, 0) is 18.4 Å². The van der Waals surface area contributed by atoms with E-state index in [1.54, 1.807) is 0 Å². The molecular weight excluding hydrogens is 729 g/mol. The first-order chi connectivity index (χ1) is 22.7. The maximum Gasteiger partial charge on any atom is 0.216 e. The average Bonchev–Trinajstić information content (AvgIpc) is 3.63. The molecule has 0 saturated heterocycles. The van der Waals surface area contributed by atoms with Crippen LogP contribution in [0.2, 0.25) is 0 Å². The number of hydrogen-bond donors (Lipinski definition) is 0. The number of allylic oxidation sites excluding steroid dienone is 4. The van der Waals surface area contributed by atoms with Crippen LogP contribution in [0.1, 0.15) is 104 Å². The summed E-state index contributed by atoms with van der Waals surface area (Å²) < 4.78 is -3.24. The lowest BCUT2D eigenvalue weighted by Crippen LogP contribution is -2.30. The van der Waals surface area contributed by atoms with Gasteiger partial charge in [-0.15, -0.1) is 0 Å². The molecule has 0 spiro atoms. The summed E-state index contributed by atoms with van der Waals surface area (Å²) >= 11 is 39.1. The van der Waals surface area contributed by atoms with E-state index in [0.717, 1.165) is 49.6 Å². The monoisotopic (exact) mass is 765 g/mol. The molecule has 253 valence electrons. The van der Waals surface area contributed by atoms with Crippen molar-refractivity contribution in [2.24, 2.45) is 0 Å². The fourth-order valence-electron chi connectivity index (χ4n) is 7.61. The normalized spacial score (nSPS) is 14.4. The van der Waals surface area contributed by atoms with Crippen molar-refractivity contribution in [3.8, 4) is 0 Å². The van der Waals surface area contributed by atoms with Crippen LogP contribution in [0.25, 0.3) is 17.2 Å². The molecule has 6 rings (SSSR count). The molecule has 0 fully saturated rings. The molecule has 0 N–H and O–H groups in total. The van der Waals surface area contributed by atoms with Gasteiger partial charge >= 0.3 is 0 Å². The lowest BCUT2D eigenvalue weighted by atomic mass is 9.75. The minimum atomic E-state index is -1.62. The van der Waals surface area contributed by atoms with Crippen LogP contribution >= 0.6 is 69.6 Å². The van der Waals surface area contributed by atoms with Crippen molar-refractivity contribution in [3.05, 3.63) is 155 Å². The largest absolute Gasteiger partial charge is 0.216 e. The van der Waals surface area contributed by atoms with Crippen molar-refractivity contribution in [1.29, 1.82) is 0 Å². The smallest absolute Gasteiger partial charge is 0.0801 e. The lowest BCUT2D eigenvalue weighted by molar-refractivity contribution is 0.580. The Kier molecular flexibility index (Phi) is 9.57. The van der Waals surface area contributed by atoms with Crippen LogP contribution in [0.4, 0.5) is 0 Å². The van der Waals surface area contributed by atoms with E-state index in [0.29, 0.717) is 11.1 Å². The van der Waals surface area contributed by atoms with E-state index >= 15 is 0 Å². The molecule has 6 heteroatoms. The van der Waals surface area contributed by atoms with Gasteiger partial charge in [-0.05, 0) is 132 Å². The predicted octanol–water partition coefficient (Wildman–Crippen LogP) is 12.4. The molecule has 49 heavy (non-hydrogen) atoms. The third-order valence-corrected chi connectivity index (χ3v) is 10.8. The van der Waals surface area contributed by atoms with Crippen molar-refractivity contribution in [2.45, 2.75) is 80.2 Å². The highest BCUT2D eigenvalue weighted by Crippen LogP contribution is 2.43. The van der Waals surface area contributed by atoms with Gasteiger partial charge in [-0.25, -0.2) is 0 Å². The SMILES string of the molecule is Cc1cc2c(cc1C(C)(C)C)=c1c(c(C3=CC=CC3)c(C)c(C(C)(C)C)c1=C(c1cccc(C(Cl)(Cl)Cl)c1)c1cccc(C(Cl)(Cl)Cl)c1)[C]=2. The first-order valence-electron chi connectivity index (χ1n) is 16.4. The maximum atomic E-state index is 6.52. The Morgan fingerprint density at radius 2 is 1.29 bits per heavy atom. The zero-order valence-corrected chi connectivity index (χ0v) is 33.5. The van der Waals surface area contributed by atoms with Crippen LogP contribution in [0.3, 0.4) is 0 Å². The Morgan fingerprint density at radius 1 is 0.714 bits per heavy atom. The molecule has 0 heterocycles. The number of fused-ring (bicyclic) bond motifs is 2. The highest BCUT2D eigenvalue weighted by Gasteiger charge is 2.31. The van der Waals surface area contributed by atoms with Gasteiger partial charge in [0.1, 0.15) is 0 Å². The van der Waals surface area contributed by atoms with Gasteiger partial charge in [0, 0.05) is 11.1 Å². The molecule has 0 nitrogen and oxygen atoms in total. The highest BCUT2D eigenvalue weighted by atomic mass is 35.6. The third kappa shape index (κ3) is 6.92. The average molecular weight is 769 g/mol. The Balaban J connectivity index is 2.01. The van der Waals surface area contributed by atoms with Crippen molar-refractivity contribution in [3.63, 3.8) is 0 Å². The fraction of sp³-hybridized carbons (Fsp3) is 0.302. The second-order valence-electron chi connectivity index (χ2n) is 15.2. The first-order valence-corrected chi connectivity index (χ1v) is 18.7. The van der Waals surface area contributed by atoms with Crippen molar-refractivity contribution < 1.29 is 0 Å². The van der Waals surface area contributed by atoms with Crippen molar-refractivity contribution >= 4 is 86.8 Å². The Labute approximate surface area is 320 Å². The van der Waals surface area contributed by atoms with E-state index in [1.165, 1.54) is 33.4 Å². The molecule has 2 aliphatic rings. The van der Waals surface area contributed by atoms with Gasteiger partial charge in [0.25, 0.3) is 0 Å². The second kappa shape index (κ2) is 12.8. The molecule has 0 aromatic heterocycles. The molecule has 0 unspecified atom stereocenters. The van der Waals surface area contributed by atoms with E-state index in [-0.39, 0.29) is 10.8 Å². The topological polar surface area (TPSA) is 0 Å². The van der Waals surface area contributed by atoms with Crippen LogP contribution < -0.4 is 10.4 Å².